The normalized spacial score (nSPS) is 9.50. The van der Waals surface area contributed by atoms with Crippen molar-refractivity contribution < 1.29 is 14.6 Å². The topological polar surface area (TPSA) is 49.8 Å². The number of methoxy groups -OCH3 is 1. The second kappa shape index (κ2) is 7.49. The van der Waals surface area contributed by atoms with Crippen molar-refractivity contribution in [3.63, 3.8) is 0 Å². The molecular weight excluding hydrogens is 230 g/mol. The molecule has 1 aromatic rings. The Balaban J connectivity index is 2.91. The van der Waals surface area contributed by atoms with Crippen LogP contribution in [-0.2, 0) is 4.74 Å². The number of ether oxygens (including phenoxy) is 1. The van der Waals surface area contributed by atoms with E-state index in [1.807, 2.05) is 6.07 Å². The molecule has 1 rings (SSSR count). The van der Waals surface area contributed by atoms with E-state index >= 15 is 0 Å². The molecule has 0 aliphatic heterocycles. The van der Waals surface area contributed by atoms with Gasteiger partial charge in [0.25, 0.3) is 5.91 Å². The Morgan fingerprint density at radius 2 is 2.17 bits per heavy atom. The number of carbonyl (C=O) groups excluding carboxylic acids is 1. The number of likely N-dealkylation sites (N-methyl/N-ethyl adjacent to an activating group) is 1. The zero-order valence-corrected chi connectivity index (χ0v) is 10.6. The van der Waals surface area contributed by atoms with E-state index in [0.717, 1.165) is 0 Å². The van der Waals surface area contributed by atoms with Gasteiger partial charge in [0.05, 0.1) is 12.2 Å². The molecule has 1 aromatic carbocycles. The molecule has 0 heterocycles. The number of hydrogen-bond donors (Lipinski definition) is 1. The summed E-state index contributed by atoms with van der Waals surface area (Å²) in [5, 5.41) is 8.70. The number of rotatable bonds is 4. The molecule has 0 aliphatic rings. The van der Waals surface area contributed by atoms with Crippen molar-refractivity contribution in [1.29, 1.82) is 0 Å². The third kappa shape index (κ3) is 3.88. The average molecular weight is 247 g/mol. The van der Waals surface area contributed by atoms with Crippen LogP contribution in [0.5, 0.6) is 0 Å². The number of benzene rings is 1. The smallest absolute Gasteiger partial charge is 0.254 e. The van der Waals surface area contributed by atoms with Crippen LogP contribution >= 0.6 is 0 Å². The Morgan fingerprint density at radius 1 is 1.44 bits per heavy atom. The lowest BCUT2D eigenvalue weighted by Crippen LogP contribution is -2.30. The summed E-state index contributed by atoms with van der Waals surface area (Å²) in [5.74, 6) is 5.23. The Bertz CT molecular complexity index is 460. The van der Waals surface area contributed by atoms with E-state index in [2.05, 4.69) is 11.8 Å². The summed E-state index contributed by atoms with van der Waals surface area (Å²) >= 11 is 0. The third-order valence-corrected chi connectivity index (χ3v) is 2.44. The molecule has 0 radical (unpaired) electrons. The first kappa shape index (κ1) is 14.2. The summed E-state index contributed by atoms with van der Waals surface area (Å²) in [6.45, 7) is 0.797. The first-order valence-electron chi connectivity index (χ1n) is 5.64. The molecule has 0 aromatic heterocycles. The molecule has 0 atom stereocenters. The lowest BCUT2D eigenvalue weighted by Gasteiger charge is -2.17. The van der Waals surface area contributed by atoms with Crippen molar-refractivity contribution in [3.8, 4) is 11.8 Å². The predicted octanol–water partition coefficient (Wildman–Crippen LogP) is 0.749. The molecule has 0 fully saturated rings. The highest BCUT2D eigenvalue weighted by Crippen LogP contribution is 2.10. The maximum absolute atomic E-state index is 12.2. The summed E-state index contributed by atoms with van der Waals surface area (Å²) in [5.41, 5.74) is 1.16. The van der Waals surface area contributed by atoms with Gasteiger partial charge in [0.2, 0.25) is 0 Å². The fourth-order valence-corrected chi connectivity index (χ4v) is 1.45. The molecule has 4 nitrogen and oxygen atoms in total. The first-order valence-corrected chi connectivity index (χ1v) is 5.64. The predicted molar refractivity (Wildman–Crippen MR) is 69.2 cm³/mol. The van der Waals surface area contributed by atoms with Crippen molar-refractivity contribution in [2.75, 3.05) is 33.9 Å². The molecule has 0 bridgehead atoms. The highest BCUT2D eigenvalue weighted by atomic mass is 16.5. The molecule has 0 saturated heterocycles. The maximum Gasteiger partial charge on any atom is 0.254 e. The fraction of sp³-hybridized carbons (Fsp3) is 0.357. The second-order valence-electron chi connectivity index (χ2n) is 3.72. The minimum Gasteiger partial charge on any atom is -0.384 e. The van der Waals surface area contributed by atoms with Crippen molar-refractivity contribution in [2.24, 2.45) is 0 Å². The van der Waals surface area contributed by atoms with Gasteiger partial charge in [0.1, 0.15) is 6.61 Å². The van der Waals surface area contributed by atoms with E-state index in [-0.39, 0.29) is 12.5 Å². The van der Waals surface area contributed by atoms with Crippen molar-refractivity contribution in [1.82, 2.24) is 4.90 Å². The van der Waals surface area contributed by atoms with Crippen LogP contribution < -0.4 is 0 Å². The third-order valence-electron chi connectivity index (χ3n) is 2.44. The molecule has 1 amide bonds. The Morgan fingerprint density at radius 3 is 2.83 bits per heavy atom. The zero-order chi connectivity index (χ0) is 13.4. The Kier molecular flexibility index (Phi) is 5.92. The van der Waals surface area contributed by atoms with E-state index in [1.165, 1.54) is 0 Å². The van der Waals surface area contributed by atoms with Gasteiger partial charge in [0, 0.05) is 26.3 Å². The van der Waals surface area contributed by atoms with Gasteiger partial charge >= 0.3 is 0 Å². The van der Waals surface area contributed by atoms with Crippen LogP contribution in [0.1, 0.15) is 15.9 Å². The molecule has 96 valence electrons. The summed E-state index contributed by atoms with van der Waals surface area (Å²) in [7, 11) is 3.32. The van der Waals surface area contributed by atoms with Gasteiger partial charge in [-0.25, -0.2) is 0 Å². The molecular formula is C14H17NO3. The summed E-state index contributed by atoms with van der Waals surface area (Å²) in [4.78, 5) is 13.8. The van der Waals surface area contributed by atoms with Gasteiger partial charge in [-0.05, 0) is 12.1 Å². The number of amides is 1. The largest absolute Gasteiger partial charge is 0.384 e. The highest BCUT2D eigenvalue weighted by Gasteiger charge is 2.13. The second-order valence-corrected chi connectivity index (χ2v) is 3.72. The van der Waals surface area contributed by atoms with Crippen LogP contribution in [0.3, 0.4) is 0 Å². The number of carbonyl (C=O) groups is 1. The molecule has 0 spiro atoms. The summed E-state index contributed by atoms with van der Waals surface area (Å²) in [6, 6.07) is 7.10. The average Bonchev–Trinajstić information content (AvgIpc) is 2.42. The van der Waals surface area contributed by atoms with Crippen LogP contribution in [0.2, 0.25) is 0 Å². The molecule has 0 aliphatic carbocycles. The van der Waals surface area contributed by atoms with Crippen LogP contribution in [-0.4, -0.2) is 49.8 Å². The summed E-state index contributed by atoms with van der Waals surface area (Å²) < 4.78 is 4.94. The monoisotopic (exact) mass is 247 g/mol. The molecule has 4 heteroatoms. The number of aliphatic hydroxyl groups excluding tert-OH is 1. The minimum absolute atomic E-state index is 0.102. The number of hydrogen-bond acceptors (Lipinski definition) is 3. The van der Waals surface area contributed by atoms with E-state index < -0.39 is 0 Å². The fourth-order valence-electron chi connectivity index (χ4n) is 1.45. The minimum atomic E-state index is -0.220. The summed E-state index contributed by atoms with van der Waals surface area (Å²) in [6.07, 6.45) is 0. The van der Waals surface area contributed by atoms with Gasteiger partial charge in [-0.3, -0.25) is 4.79 Å². The standard InChI is InChI=1S/C14H17NO3/c1-15(9-11-18-2)14(17)13-8-4-3-6-12(13)7-5-10-16/h3-4,6,8,16H,9-11H2,1-2H3. The van der Waals surface area contributed by atoms with Gasteiger partial charge in [-0.15, -0.1) is 0 Å². The Hall–Kier alpha value is -1.83. The van der Waals surface area contributed by atoms with E-state index in [9.17, 15) is 4.79 Å². The number of nitrogens with zero attached hydrogens (tertiary/aromatic N) is 1. The maximum atomic E-state index is 12.2. The SMILES string of the molecule is COCCN(C)C(=O)c1ccccc1C#CCO. The van der Waals surface area contributed by atoms with E-state index in [4.69, 9.17) is 9.84 Å². The van der Waals surface area contributed by atoms with Crippen LogP contribution in [0.4, 0.5) is 0 Å². The Labute approximate surface area is 107 Å². The van der Waals surface area contributed by atoms with Gasteiger partial charge in [-0.2, -0.15) is 0 Å². The number of aliphatic hydroxyl groups is 1. The van der Waals surface area contributed by atoms with Gasteiger partial charge < -0.3 is 14.7 Å². The van der Waals surface area contributed by atoms with Crippen molar-refractivity contribution in [2.45, 2.75) is 0 Å². The lowest BCUT2D eigenvalue weighted by atomic mass is 10.1. The van der Waals surface area contributed by atoms with Gasteiger partial charge in [0.15, 0.2) is 0 Å². The van der Waals surface area contributed by atoms with Crippen LogP contribution in [0.15, 0.2) is 24.3 Å². The molecule has 0 unspecified atom stereocenters. The van der Waals surface area contributed by atoms with Gasteiger partial charge in [-0.1, -0.05) is 24.0 Å². The van der Waals surface area contributed by atoms with Crippen molar-refractivity contribution in [3.05, 3.63) is 35.4 Å². The van der Waals surface area contributed by atoms with Crippen LogP contribution in [0.25, 0.3) is 0 Å². The quantitative estimate of drug-likeness (QED) is 0.799. The highest BCUT2D eigenvalue weighted by molar-refractivity contribution is 5.96. The van der Waals surface area contributed by atoms with E-state index in [1.54, 1.807) is 37.3 Å². The molecule has 18 heavy (non-hydrogen) atoms. The lowest BCUT2D eigenvalue weighted by molar-refractivity contribution is 0.0744. The zero-order valence-electron chi connectivity index (χ0n) is 10.6. The van der Waals surface area contributed by atoms with Crippen LogP contribution in [0, 0.1) is 11.8 Å². The molecule has 1 N–H and O–H groups in total. The first-order chi connectivity index (χ1) is 8.70. The van der Waals surface area contributed by atoms with E-state index in [0.29, 0.717) is 24.3 Å². The molecule has 0 saturated carbocycles. The van der Waals surface area contributed by atoms with Crippen molar-refractivity contribution >= 4 is 5.91 Å².